The molecule has 0 bridgehead atoms. The molecule has 1 heterocycles. The lowest BCUT2D eigenvalue weighted by molar-refractivity contribution is 0.151. The van der Waals surface area contributed by atoms with Crippen LogP contribution in [0.25, 0.3) is 10.1 Å². The summed E-state index contributed by atoms with van der Waals surface area (Å²) in [4.78, 5) is 1.08. The summed E-state index contributed by atoms with van der Waals surface area (Å²) in [5.74, 6) is 0. The molecule has 0 aliphatic heterocycles. The van der Waals surface area contributed by atoms with E-state index >= 15 is 0 Å². The van der Waals surface area contributed by atoms with Crippen molar-refractivity contribution in [2.45, 2.75) is 13.3 Å². The van der Waals surface area contributed by atoms with Gasteiger partial charge in [-0.3, -0.25) is 0 Å². The summed E-state index contributed by atoms with van der Waals surface area (Å²) in [6.07, 6.45) is -2.51. The Kier molecular flexibility index (Phi) is 2.45. The molecule has 1 aromatic heterocycles. The highest BCUT2D eigenvalue weighted by Gasteiger charge is 2.15. The SMILES string of the molecule is Cc1cc2ccc(C(F)F)c(Cl)c2s1. The lowest BCUT2D eigenvalue weighted by Gasteiger charge is -2.02. The number of thiophene rings is 1. The highest BCUT2D eigenvalue weighted by molar-refractivity contribution is 7.19. The number of benzene rings is 1. The lowest BCUT2D eigenvalue weighted by Crippen LogP contribution is -1.84. The van der Waals surface area contributed by atoms with Crippen molar-refractivity contribution < 1.29 is 8.78 Å². The minimum absolute atomic E-state index is 0.0824. The van der Waals surface area contributed by atoms with Crippen molar-refractivity contribution in [3.8, 4) is 0 Å². The molecule has 2 rings (SSSR count). The third-order valence-electron chi connectivity index (χ3n) is 2.01. The second-order valence-electron chi connectivity index (χ2n) is 3.04. The fourth-order valence-corrected chi connectivity index (χ4v) is 2.71. The molecule has 14 heavy (non-hydrogen) atoms. The predicted octanol–water partition coefficient (Wildman–Crippen LogP) is 4.80. The van der Waals surface area contributed by atoms with Gasteiger partial charge in [0.15, 0.2) is 0 Å². The summed E-state index contributed by atoms with van der Waals surface area (Å²) in [5.41, 5.74) is -0.0824. The fourth-order valence-electron chi connectivity index (χ4n) is 1.38. The van der Waals surface area contributed by atoms with E-state index in [0.717, 1.165) is 15.0 Å². The molecule has 0 saturated heterocycles. The van der Waals surface area contributed by atoms with E-state index in [1.165, 1.54) is 17.4 Å². The minimum Gasteiger partial charge on any atom is -0.205 e. The Morgan fingerprint density at radius 2 is 2.07 bits per heavy atom. The molecule has 0 unspecified atom stereocenters. The molecule has 0 fully saturated rings. The summed E-state index contributed by atoms with van der Waals surface area (Å²) in [5, 5.41) is 1.12. The van der Waals surface area contributed by atoms with Crippen molar-refractivity contribution >= 4 is 33.0 Å². The fraction of sp³-hybridized carbons (Fsp3) is 0.200. The van der Waals surface area contributed by atoms with Crippen LogP contribution in [-0.2, 0) is 0 Å². The molecule has 4 heteroatoms. The Hall–Kier alpha value is -0.670. The molecule has 0 N–H and O–H groups in total. The van der Waals surface area contributed by atoms with Gasteiger partial charge in [0.05, 0.1) is 9.72 Å². The van der Waals surface area contributed by atoms with Crippen LogP contribution in [-0.4, -0.2) is 0 Å². The van der Waals surface area contributed by atoms with Gasteiger partial charge in [0.1, 0.15) is 0 Å². The Bertz CT molecular complexity index is 476. The van der Waals surface area contributed by atoms with E-state index in [2.05, 4.69) is 0 Å². The number of rotatable bonds is 1. The average Bonchev–Trinajstić information content (AvgIpc) is 2.46. The van der Waals surface area contributed by atoms with Crippen LogP contribution < -0.4 is 0 Å². The molecule has 2 aromatic rings. The zero-order chi connectivity index (χ0) is 10.3. The summed E-state index contributed by atoms with van der Waals surface area (Å²) >= 11 is 7.33. The average molecular weight is 233 g/mol. The van der Waals surface area contributed by atoms with Gasteiger partial charge in [-0.25, -0.2) is 8.78 Å². The first-order valence-corrected chi connectivity index (χ1v) is 5.25. The van der Waals surface area contributed by atoms with Gasteiger partial charge < -0.3 is 0 Å². The zero-order valence-electron chi connectivity index (χ0n) is 7.35. The van der Waals surface area contributed by atoms with Gasteiger partial charge in [0.2, 0.25) is 0 Å². The minimum atomic E-state index is -2.51. The van der Waals surface area contributed by atoms with E-state index in [-0.39, 0.29) is 10.6 Å². The first-order chi connectivity index (χ1) is 6.59. The van der Waals surface area contributed by atoms with Crippen LogP contribution >= 0.6 is 22.9 Å². The summed E-state index contributed by atoms with van der Waals surface area (Å²) in [6.45, 7) is 1.93. The quantitative estimate of drug-likeness (QED) is 0.663. The predicted molar refractivity (Wildman–Crippen MR) is 56.5 cm³/mol. The van der Waals surface area contributed by atoms with E-state index in [1.807, 2.05) is 13.0 Å². The summed E-state index contributed by atoms with van der Waals surface area (Å²) < 4.78 is 25.7. The maximum atomic E-state index is 12.5. The van der Waals surface area contributed by atoms with Crippen molar-refractivity contribution in [1.82, 2.24) is 0 Å². The second-order valence-corrected chi connectivity index (χ2v) is 4.68. The number of fused-ring (bicyclic) bond motifs is 1. The Labute approximate surface area is 89.1 Å². The van der Waals surface area contributed by atoms with Gasteiger partial charge in [0, 0.05) is 10.4 Å². The van der Waals surface area contributed by atoms with E-state index in [0.29, 0.717) is 0 Å². The molecule has 0 aliphatic carbocycles. The highest BCUT2D eigenvalue weighted by atomic mass is 35.5. The van der Waals surface area contributed by atoms with Gasteiger partial charge >= 0.3 is 0 Å². The van der Waals surface area contributed by atoms with Crippen molar-refractivity contribution in [1.29, 1.82) is 0 Å². The van der Waals surface area contributed by atoms with Crippen LogP contribution in [0.5, 0.6) is 0 Å². The molecule has 0 atom stereocenters. The highest BCUT2D eigenvalue weighted by Crippen LogP contribution is 2.37. The Morgan fingerprint density at radius 1 is 1.36 bits per heavy atom. The van der Waals surface area contributed by atoms with E-state index in [9.17, 15) is 8.78 Å². The van der Waals surface area contributed by atoms with E-state index in [1.54, 1.807) is 6.07 Å². The Balaban J connectivity index is 2.74. The molecule has 0 radical (unpaired) electrons. The lowest BCUT2D eigenvalue weighted by atomic mass is 10.2. The maximum Gasteiger partial charge on any atom is 0.265 e. The van der Waals surface area contributed by atoms with E-state index in [4.69, 9.17) is 11.6 Å². The molecule has 0 nitrogen and oxygen atoms in total. The monoisotopic (exact) mass is 232 g/mol. The molecule has 1 aromatic carbocycles. The molecular weight excluding hydrogens is 226 g/mol. The second kappa shape index (κ2) is 3.48. The van der Waals surface area contributed by atoms with Crippen LogP contribution in [0.3, 0.4) is 0 Å². The third-order valence-corrected chi connectivity index (χ3v) is 3.62. The van der Waals surface area contributed by atoms with Gasteiger partial charge in [-0.2, -0.15) is 0 Å². The van der Waals surface area contributed by atoms with Crippen molar-refractivity contribution in [3.63, 3.8) is 0 Å². The van der Waals surface area contributed by atoms with Crippen molar-refractivity contribution in [3.05, 3.63) is 33.7 Å². The summed E-state index contributed by atoms with van der Waals surface area (Å²) in [6, 6.07) is 5.02. The number of hydrogen-bond acceptors (Lipinski definition) is 1. The van der Waals surface area contributed by atoms with Gasteiger partial charge in [-0.15, -0.1) is 11.3 Å². The number of alkyl halides is 2. The van der Waals surface area contributed by atoms with Crippen LogP contribution in [0.2, 0.25) is 5.02 Å². The standard InChI is InChI=1S/C10H7ClF2S/c1-5-4-6-2-3-7(10(12)13)8(11)9(6)14-5/h2-4,10H,1H3. The van der Waals surface area contributed by atoms with Gasteiger partial charge in [0.25, 0.3) is 6.43 Å². The smallest absolute Gasteiger partial charge is 0.205 e. The summed E-state index contributed by atoms with van der Waals surface area (Å²) in [7, 11) is 0. The van der Waals surface area contributed by atoms with Gasteiger partial charge in [-0.05, 0) is 18.4 Å². The number of halogens is 3. The normalized spacial score (nSPS) is 11.5. The zero-order valence-corrected chi connectivity index (χ0v) is 8.92. The van der Waals surface area contributed by atoms with Crippen LogP contribution in [0.1, 0.15) is 16.9 Å². The van der Waals surface area contributed by atoms with Gasteiger partial charge in [-0.1, -0.05) is 23.7 Å². The molecule has 74 valence electrons. The molecule has 0 saturated carbocycles. The number of aryl methyl sites for hydroxylation is 1. The topological polar surface area (TPSA) is 0 Å². The van der Waals surface area contributed by atoms with E-state index < -0.39 is 6.43 Å². The first kappa shape index (κ1) is 9.87. The van der Waals surface area contributed by atoms with Crippen molar-refractivity contribution in [2.75, 3.05) is 0 Å². The molecular formula is C10H7ClF2S. The third kappa shape index (κ3) is 1.51. The van der Waals surface area contributed by atoms with Crippen molar-refractivity contribution in [2.24, 2.45) is 0 Å². The van der Waals surface area contributed by atoms with Crippen LogP contribution in [0, 0.1) is 6.92 Å². The Morgan fingerprint density at radius 3 is 2.71 bits per heavy atom. The largest absolute Gasteiger partial charge is 0.265 e. The first-order valence-electron chi connectivity index (χ1n) is 4.06. The van der Waals surface area contributed by atoms with Crippen LogP contribution in [0.4, 0.5) is 8.78 Å². The molecule has 0 aliphatic rings. The number of hydrogen-bond donors (Lipinski definition) is 0. The van der Waals surface area contributed by atoms with Crippen LogP contribution in [0.15, 0.2) is 18.2 Å². The molecule has 0 spiro atoms. The molecule has 0 amide bonds. The maximum absolute atomic E-state index is 12.5.